The summed E-state index contributed by atoms with van der Waals surface area (Å²) < 4.78 is 23.8. The molecular formula is C9H7BrF2. The quantitative estimate of drug-likeness (QED) is 0.729. The van der Waals surface area contributed by atoms with Crippen molar-refractivity contribution in [1.82, 2.24) is 0 Å². The van der Waals surface area contributed by atoms with Crippen molar-refractivity contribution in [1.29, 1.82) is 0 Å². The Labute approximate surface area is 78.0 Å². The van der Waals surface area contributed by atoms with Crippen LogP contribution in [-0.2, 0) is 6.42 Å². The molecule has 0 amide bonds. The van der Waals surface area contributed by atoms with Crippen LogP contribution in [0.15, 0.2) is 40.9 Å². The van der Waals surface area contributed by atoms with Gasteiger partial charge in [-0.2, -0.15) is 8.78 Å². The van der Waals surface area contributed by atoms with E-state index >= 15 is 0 Å². The monoisotopic (exact) mass is 232 g/mol. The van der Waals surface area contributed by atoms with Crippen LogP contribution >= 0.6 is 15.9 Å². The summed E-state index contributed by atoms with van der Waals surface area (Å²) in [6, 6.07) is 9.12. The fourth-order valence-corrected chi connectivity index (χ4v) is 1.17. The molecule has 0 fully saturated rings. The van der Waals surface area contributed by atoms with E-state index in [0.717, 1.165) is 5.56 Å². The SMILES string of the molecule is FC(F)=C(Br)Cc1ccccc1. The van der Waals surface area contributed by atoms with Gasteiger partial charge in [-0.1, -0.05) is 30.3 Å². The third-order valence-corrected chi connectivity index (χ3v) is 1.99. The summed E-state index contributed by atoms with van der Waals surface area (Å²) in [5.74, 6) is 0. The van der Waals surface area contributed by atoms with Crippen molar-refractivity contribution in [3.8, 4) is 0 Å². The van der Waals surface area contributed by atoms with Crippen molar-refractivity contribution >= 4 is 15.9 Å². The van der Waals surface area contributed by atoms with Crippen LogP contribution in [0.25, 0.3) is 0 Å². The minimum absolute atomic E-state index is 0.0475. The topological polar surface area (TPSA) is 0 Å². The molecule has 0 radical (unpaired) electrons. The average Bonchev–Trinajstić information content (AvgIpc) is 2.06. The number of rotatable bonds is 2. The van der Waals surface area contributed by atoms with Crippen LogP contribution in [0.1, 0.15) is 5.56 Å². The highest BCUT2D eigenvalue weighted by atomic mass is 79.9. The normalized spacial score (nSPS) is 9.58. The lowest BCUT2D eigenvalue weighted by Gasteiger charge is -1.97. The fourth-order valence-electron chi connectivity index (χ4n) is 0.842. The van der Waals surface area contributed by atoms with Crippen molar-refractivity contribution in [3.63, 3.8) is 0 Å². The van der Waals surface area contributed by atoms with E-state index in [9.17, 15) is 8.78 Å². The Kier molecular flexibility index (Phi) is 3.41. The van der Waals surface area contributed by atoms with E-state index in [-0.39, 0.29) is 10.9 Å². The molecule has 0 atom stereocenters. The predicted octanol–water partition coefficient (Wildman–Crippen LogP) is 3.73. The summed E-state index contributed by atoms with van der Waals surface area (Å²) in [6.07, 6.45) is -1.40. The van der Waals surface area contributed by atoms with Gasteiger partial charge in [0.2, 0.25) is 0 Å². The summed E-state index contributed by atoms with van der Waals surface area (Å²) in [4.78, 5) is 0. The van der Waals surface area contributed by atoms with E-state index in [0.29, 0.717) is 0 Å². The molecule has 0 unspecified atom stereocenters. The molecule has 1 rings (SSSR count). The maximum absolute atomic E-state index is 11.9. The molecule has 0 aromatic heterocycles. The smallest absolute Gasteiger partial charge is 0.172 e. The molecule has 0 bridgehead atoms. The van der Waals surface area contributed by atoms with E-state index in [1.807, 2.05) is 30.3 Å². The Morgan fingerprint density at radius 1 is 1.17 bits per heavy atom. The Morgan fingerprint density at radius 2 is 1.75 bits per heavy atom. The van der Waals surface area contributed by atoms with Crippen LogP contribution < -0.4 is 0 Å². The number of allylic oxidation sites excluding steroid dienone is 1. The summed E-state index contributed by atoms with van der Waals surface area (Å²) in [5.41, 5.74) is 0.872. The first kappa shape index (κ1) is 9.39. The second-order valence-corrected chi connectivity index (χ2v) is 3.28. The Balaban J connectivity index is 2.72. The standard InChI is InChI=1S/C9H7BrF2/c10-8(9(11)12)6-7-4-2-1-3-5-7/h1-5H,6H2. The molecule has 1 aromatic rings. The van der Waals surface area contributed by atoms with Crippen molar-refractivity contribution in [2.24, 2.45) is 0 Å². The van der Waals surface area contributed by atoms with Crippen LogP contribution in [0, 0.1) is 0 Å². The third kappa shape index (κ3) is 2.74. The van der Waals surface area contributed by atoms with Gasteiger partial charge in [-0.3, -0.25) is 0 Å². The first-order valence-electron chi connectivity index (χ1n) is 3.43. The lowest BCUT2D eigenvalue weighted by molar-refractivity contribution is 0.416. The zero-order valence-corrected chi connectivity index (χ0v) is 7.81. The first-order chi connectivity index (χ1) is 5.70. The maximum atomic E-state index is 11.9. The molecule has 0 aliphatic rings. The molecular weight excluding hydrogens is 226 g/mol. The van der Waals surface area contributed by atoms with Crippen molar-refractivity contribution in [2.45, 2.75) is 6.42 Å². The minimum Gasteiger partial charge on any atom is -0.172 e. The highest BCUT2D eigenvalue weighted by molar-refractivity contribution is 9.11. The maximum Gasteiger partial charge on any atom is 0.280 e. The molecule has 0 N–H and O–H groups in total. The minimum atomic E-state index is -1.65. The number of halogens is 3. The van der Waals surface area contributed by atoms with Gasteiger partial charge in [-0.25, -0.2) is 0 Å². The molecule has 12 heavy (non-hydrogen) atoms. The number of benzene rings is 1. The van der Waals surface area contributed by atoms with E-state index in [1.165, 1.54) is 0 Å². The Morgan fingerprint density at radius 3 is 2.25 bits per heavy atom. The van der Waals surface area contributed by atoms with Crippen molar-refractivity contribution < 1.29 is 8.78 Å². The van der Waals surface area contributed by atoms with Crippen LogP contribution in [0.3, 0.4) is 0 Å². The van der Waals surface area contributed by atoms with Gasteiger partial charge < -0.3 is 0 Å². The van der Waals surface area contributed by atoms with E-state index in [2.05, 4.69) is 15.9 Å². The molecule has 0 saturated heterocycles. The highest BCUT2D eigenvalue weighted by Crippen LogP contribution is 2.19. The lowest BCUT2D eigenvalue weighted by Crippen LogP contribution is -1.84. The van der Waals surface area contributed by atoms with Gasteiger partial charge in [0, 0.05) is 6.42 Å². The second-order valence-electron chi connectivity index (χ2n) is 2.33. The van der Waals surface area contributed by atoms with Gasteiger partial charge in [0.1, 0.15) is 0 Å². The summed E-state index contributed by atoms with van der Waals surface area (Å²) in [7, 11) is 0. The zero-order chi connectivity index (χ0) is 8.97. The molecule has 0 aliphatic carbocycles. The van der Waals surface area contributed by atoms with E-state index < -0.39 is 6.08 Å². The van der Waals surface area contributed by atoms with Gasteiger partial charge >= 0.3 is 0 Å². The van der Waals surface area contributed by atoms with Crippen LogP contribution in [0.2, 0.25) is 0 Å². The number of hydrogen-bond acceptors (Lipinski definition) is 0. The molecule has 0 spiro atoms. The average molecular weight is 233 g/mol. The second kappa shape index (κ2) is 4.36. The van der Waals surface area contributed by atoms with Crippen molar-refractivity contribution in [3.05, 3.63) is 46.5 Å². The van der Waals surface area contributed by atoms with Crippen LogP contribution in [0.4, 0.5) is 8.78 Å². The number of hydrogen-bond donors (Lipinski definition) is 0. The summed E-state index contributed by atoms with van der Waals surface area (Å²) in [5, 5.41) is 0. The van der Waals surface area contributed by atoms with E-state index in [4.69, 9.17) is 0 Å². The molecule has 3 heteroatoms. The highest BCUT2D eigenvalue weighted by Gasteiger charge is 2.02. The van der Waals surface area contributed by atoms with Crippen LogP contribution in [-0.4, -0.2) is 0 Å². The van der Waals surface area contributed by atoms with Gasteiger partial charge in [0.25, 0.3) is 6.08 Å². The zero-order valence-electron chi connectivity index (χ0n) is 6.23. The predicted molar refractivity (Wildman–Crippen MR) is 48.3 cm³/mol. The molecule has 1 aromatic carbocycles. The Bertz CT molecular complexity index is 276. The van der Waals surface area contributed by atoms with E-state index in [1.54, 1.807) is 0 Å². The van der Waals surface area contributed by atoms with Gasteiger partial charge in [-0.15, -0.1) is 0 Å². The van der Waals surface area contributed by atoms with Gasteiger partial charge in [0.05, 0.1) is 4.48 Å². The Hall–Kier alpha value is -0.700. The molecule has 0 aliphatic heterocycles. The van der Waals surface area contributed by atoms with Crippen molar-refractivity contribution in [2.75, 3.05) is 0 Å². The van der Waals surface area contributed by atoms with Gasteiger partial charge in [0.15, 0.2) is 0 Å². The lowest BCUT2D eigenvalue weighted by atomic mass is 10.1. The first-order valence-corrected chi connectivity index (χ1v) is 4.23. The van der Waals surface area contributed by atoms with Gasteiger partial charge in [-0.05, 0) is 21.5 Å². The molecule has 0 heterocycles. The molecule has 0 nitrogen and oxygen atoms in total. The largest absolute Gasteiger partial charge is 0.280 e. The fraction of sp³-hybridized carbons (Fsp3) is 0.111. The summed E-state index contributed by atoms with van der Waals surface area (Å²) >= 11 is 2.81. The van der Waals surface area contributed by atoms with Crippen LogP contribution in [0.5, 0.6) is 0 Å². The molecule has 0 saturated carbocycles. The summed E-state index contributed by atoms with van der Waals surface area (Å²) in [6.45, 7) is 0. The third-order valence-electron chi connectivity index (χ3n) is 1.41. The molecule has 64 valence electrons.